The number of methoxy groups -OCH3 is 1. The fraction of sp³-hybridized carbons (Fsp3) is 0.409. The lowest BCUT2D eigenvalue weighted by Gasteiger charge is -2.22. The van der Waals surface area contributed by atoms with E-state index in [2.05, 4.69) is 15.4 Å². The summed E-state index contributed by atoms with van der Waals surface area (Å²) in [6.45, 7) is 2.80. The summed E-state index contributed by atoms with van der Waals surface area (Å²) >= 11 is 0. The second kappa shape index (κ2) is 8.99. The molecule has 0 unspecified atom stereocenters. The topological polar surface area (TPSA) is 98.5 Å². The average Bonchev–Trinajstić information content (AvgIpc) is 3.15. The van der Waals surface area contributed by atoms with E-state index in [1.165, 1.54) is 19.2 Å². The molecule has 1 aliphatic rings. The van der Waals surface area contributed by atoms with Crippen molar-refractivity contribution in [1.82, 2.24) is 20.1 Å². The van der Waals surface area contributed by atoms with E-state index in [1.54, 1.807) is 12.3 Å². The third kappa shape index (κ3) is 4.52. The predicted molar refractivity (Wildman–Crippen MR) is 111 cm³/mol. The Morgan fingerprint density at radius 1 is 1.35 bits per heavy atom. The molecule has 3 aromatic rings. The lowest BCUT2D eigenvalue weighted by molar-refractivity contribution is -0.121. The lowest BCUT2D eigenvalue weighted by atomic mass is 10.1. The van der Waals surface area contributed by atoms with Crippen molar-refractivity contribution < 1.29 is 23.8 Å². The SMILES string of the molecule is CCn1ncc2cc3nc(c21)C[C@H](O)COC[C@H](c1ccc(OC)c(F)c1)NC(=O)C3. The van der Waals surface area contributed by atoms with Gasteiger partial charge in [-0.25, -0.2) is 4.39 Å². The van der Waals surface area contributed by atoms with Crippen LogP contribution in [-0.4, -0.2) is 52.2 Å². The number of nitrogens with zero attached hydrogens (tertiary/aromatic N) is 3. The zero-order valence-electron chi connectivity index (χ0n) is 17.5. The highest BCUT2D eigenvalue weighted by Crippen LogP contribution is 2.24. The number of aliphatic hydroxyl groups is 1. The third-order valence-corrected chi connectivity index (χ3v) is 5.32. The van der Waals surface area contributed by atoms with Gasteiger partial charge in [0, 0.05) is 18.4 Å². The van der Waals surface area contributed by atoms with Gasteiger partial charge in [0.2, 0.25) is 5.91 Å². The number of ether oxygens (including phenoxy) is 2. The number of hydrogen-bond donors (Lipinski definition) is 2. The van der Waals surface area contributed by atoms with Crippen LogP contribution in [0.4, 0.5) is 4.39 Å². The first-order valence-electron chi connectivity index (χ1n) is 10.2. The minimum Gasteiger partial charge on any atom is -0.494 e. The molecule has 4 rings (SSSR count). The molecule has 0 spiro atoms. The molecule has 2 bridgehead atoms. The quantitative estimate of drug-likeness (QED) is 0.662. The number of halogens is 1. The molecule has 164 valence electrons. The highest BCUT2D eigenvalue weighted by molar-refractivity contribution is 5.84. The van der Waals surface area contributed by atoms with E-state index in [0.29, 0.717) is 23.5 Å². The molecule has 31 heavy (non-hydrogen) atoms. The van der Waals surface area contributed by atoms with Crippen LogP contribution in [-0.2, 0) is 28.9 Å². The molecule has 1 amide bonds. The first-order chi connectivity index (χ1) is 15.0. The number of rotatable bonds is 3. The molecule has 8 nitrogen and oxygen atoms in total. The average molecular weight is 428 g/mol. The Kier molecular flexibility index (Phi) is 6.15. The van der Waals surface area contributed by atoms with Crippen LogP contribution in [0.3, 0.4) is 0 Å². The highest BCUT2D eigenvalue weighted by atomic mass is 19.1. The summed E-state index contributed by atoms with van der Waals surface area (Å²) in [5.74, 6) is -0.658. The molecule has 9 heteroatoms. The molecule has 2 aromatic heterocycles. The summed E-state index contributed by atoms with van der Waals surface area (Å²) in [6, 6.07) is 5.77. The molecule has 0 saturated carbocycles. The number of hydrogen-bond acceptors (Lipinski definition) is 6. The Morgan fingerprint density at radius 2 is 2.19 bits per heavy atom. The van der Waals surface area contributed by atoms with Gasteiger partial charge in [-0.05, 0) is 30.7 Å². The van der Waals surface area contributed by atoms with Crippen LogP contribution in [0.15, 0.2) is 30.5 Å². The van der Waals surface area contributed by atoms with Crippen LogP contribution < -0.4 is 10.1 Å². The van der Waals surface area contributed by atoms with Gasteiger partial charge in [0.15, 0.2) is 11.6 Å². The zero-order valence-corrected chi connectivity index (χ0v) is 17.5. The number of carbonyl (C=O) groups excluding carboxylic acids is 1. The number of carbonyl (C=O) groups is 1. The van der Waals surface area contributed by atoms with Crippen LogP contribution in [0, 0.1) is 5.82 Å². The monoisotopic (exact) mass is 428 g/mol. The van der Waals surface area contributed by atoms with E-state index in [9.17, 15) is 14.3 Å². The molecule has 2 N–H and O–H groups in total. The van der Waals surface area contributed by atoms with Gasteiger partial charge in [-0.3, -0.25) is 14.5 Å². The van der Waals surface area contributed by atoms with E-state index in [4.69, 9.17) is 9.47 Å². The summed E-state index contributed by atoms with van der Waals surface area (Å²) in [4.78, 5) is 17.4. The highest BCUT2D eigenvalue weighted by Gasteiger charge is 2.22. The second-order valence-corrected chi connectivity index (χ2v) is 7.54. The maximum Gasteiger partial charge on any atom is 0.226 e. The second-order valence-electron chi connectivity index (χ2n) is 7.54. The Bertz CT molecular complexity index is 1100. The van der Waals surface area contributed by atoms with Gasteiger partial charge < -0.3 is 19.9 Å². The summed E-state index contributed by atoms with van der Waals surface area (Å²) < 4.78 is 26.7. The van der Waals surface area contributed by atoms with E-state index < -0.39 is 18.0 Å². The van der Waals surface area contributed by atoms with Crippen molar-refractivity contribution in [3.05, 3.63) is 53.2 Å². The molecule has 2 atom stereocenters. The van der Waals surface area contributed by atoms with Gasteiger partial charge in [0.25, 0.3) is 0 Å². The van der Waals surface area contributed by atoms with Crippen LogP contribution in [0.25, 0.3) is 10.9 Å². The maximum absolute atomic E-state index is 14.2. The van der Waals surface area contributed by atoms with Crippen LogP contribution >= 0.6 is 0 Å². The van der Waals surface area contributed by atoms with Crippen molar-refractivity contribution in [1.29, 1.82) is 0 Å². The number of fused-ring (bicyclic) bond motifs is 4. The van der Waals surface area contributed by atoms with Gasteiger partial charge in [-0.15, -0.1) is 0 Å². The first-order valence-corrected chi connectivity index (χ1v) is 10.2. The number of aryl methyl sites for hydroxylation is 1. The van der Waals surface area contributed by atoms with Crippen LogP contribution in [0.2, 0.25) is 0 Å². The molecule has 0 fully saturated rings. The number of aliphatic hydroxyl groups excluding tert-OH is 1. The van der Waals surface area contributed by atoms with E-state index in [1.807, 2.05) is 17.7 Å². The number of pyridine rings is 1. The fourth-order valence-corrected chi connectivity index (χ4v) is 3.87. The zero-order chi connectivity index (χ0) is 22.0. The van der Waals surface area contributed by atoms with E-state index in [0.717, 1.165) is 10.9 Å². The number of nitrogens with one attached hydrogen (secondary N) is 1. The minimum atomic E-state index is -0.783. The van der Waals surface area contributed by atoms with Crippen molar-refractivity contribution >= 4 is 16.8 Å². The Hall–Kier alpha value is -3.04. The van der Waals surface area contributed by atoms with Gasteiger partial charge in [0.05, 0.1) is 62.0 Å². The van der Waals surface area contributed by atoms with Crippen LogP contribution in [0.5, 0.6) is 5.75 Å². The Labute approximate surface area is 179 Å². The van der Waals surface area contributed by atoms with Crippen molar-refractivity contribution in [2.45, 2.75) is 38.5 Å². The predicted octanol–water partition coefficient (Wildman–Crippen LogP) is 1.93. The van der Waals surface area contributed by atoms with Gasteiger partial charge in [-0.2, -0.15) is 5.10 Å². The summed E-state index contributed by atoms with van der Waals surface area (Å²) in [6.07, 6.45) is 1.28. The van der Waals surface area contributed by atoms with Crippen LogP contribution in [0.1, 0.15) is 29.9 Å². The maximum atomic E-state index is 14.2. The summed E-state index contributed by atoms with van der Waals surface area (Å²) in [7, 11) is 1.39. The lowest BCUT2D eigenvalue weighted by Crippen LogP contribution is -2.34. The van der Waals surface area contributed by atoms with E-state index in [-0.39, 0.29) is 37.7 Å². The largest absolute Gasteiger partial charge is 0.494 e. The van der Waals surface area contributed by atoms with E-state index >= 15 is 0 Å². The van der Waals surface area contributed by atoms with Crippen molar-refractivity contribution in [2.75, 3.05) is 20.3 Å². The van der Waals surface area contributed by atoms with Crippen molar-refractivity contribution in [3.8, 4) is 5.75 Å². The Balaban J connectivity index is 1.66. The number of amides is 1. The molecule has 1 aromatic carbocycles. The van der Waals surface area contributed by atoms with Crippen molar-refractivity contribution in [3.63, 3.8) is 0 Å². The summed E-state index contributed by atoms with van der Waals surface area (Å²) in [5.41, 5.74) is 2.68. The smallest absolute Gasteiger partial charge is 0.226 e. The normalized spacial score (nSPS) is 20.1. The van der Waals surface area contributed by atoms with Gasteiger partial charge >= 0.3 is 0 Å². The standard InChI is InChI=1S/C22H25FN4O4/c1-3-27-22-14(10-24-27)6-15-8-21(29)26-19(12-31-11-16(28)9-18(22)25-15)13-4-5-20(30-2)17(23)7-13/h4-7,10,16,19,28H,3,8-9,11-12H2,1-2H3,(H,26,29)/t16-,19+/m0/s1. The fourth-order valence-electron chi connectivity index (χ4n) is 3.87. The molecule has 0 saturated heterocycles. The summed E-state index contributed by atoms with van der Waals surface area (Å²) in [5, 5.41) is 18.7. The van der Waals surface area contributed by atoms with Gasteiger partial charge in [-0.1, -0.05) is 6.07 Å². The number of benzene rings is 1. The molecule has 0 radical (unpaired) electrons. The number of aromatic nitrogens is 3. The molecular formula is C22H25FN4O4. The minimum absolute atomic E-state index is 0.0471. The molecule has 1 aliphatic heterocycles. The first kappa shape index (κ1) is 21.2. The third-order valence-electron chi connectivity index (χ3n) is 5.32. The molecule has 0 aliphatic carbocycles. The van der Waals surface area contributed by atoms with Gasteiger partial charge in [0.1, 0.15) is 0 Å². The molecular weight excluding hydrogens is 403 g/mol. The molecule has 3 heterocycles. The van der Waals surface area contributed by atoms with Crippen molar-refractivity contribution in [2.24, 2.45) is 0 Å². The Morgan fingerprint density at radius 3 is 2.94 bits per heavy atom.